The fraction of sp³-hybridized carbons (Fsp3) is 0.125. The van der Waals surface area contributed by atoms with Gasteiger partial charge in [-0.1, -0.05) is 35.9 Å². The van der Waals surface area contributed by atoms with Gasteiger partial charge in [-0.25, -0.2) is 0 Å². The van der Waals surface area contributed by atoms with Gasteiger partial charge in [0.2, 0.25) is 0 Å². The lowest BCUT2D eigenvalue weighted by atomic mass is 10.2. The summed E-state index contributed by atoms with van der Waals surface area (Å²) in [6, 6.07) is 8.95. The first-order chi connectivity index (χ1) is 10.1. The minimum absolute atomic E-state index is 0.0152. The summed E-state index contributed by atoms with van der Waals surface area (Å²) in [5.41, 5.74) is 0.609. The van der Waals surface area contributed by atoms with Crippen molar-refractivity contribution in [1.82, 2.24) is 4.90 Å². The average Bonchev–Trinajstić information content (AvgIpc) is 2.49. The van der Waals surface area contributed by atoms with Crippen molar-refractivity contribution in [2.75, 3.05) is 18.4 Å². The van der Waals surface area contributed by atoms with Crippen molar-refractivity contribution in [1.29, 1.82) is 5.26 Å². The molecule has 0 atom stereocenters. The molecule has 0 aliphatic rings. The van der Waals surface area contributed by atoms with Crippen LogP contribution in [-0.4, -0.2) is 23.9 Å². The third-order valence-electron chi connectivity index (χ3n) is 2.58. The highest BCUT2D eigenvalue weighted by Crippen LogP contribution is 2.20. The zero-order valence-corrected chi connectivity index (χ0v) is 12.3. The summed E-state index contributed by atoms with van der Waals surface area (Å²) < 4.78 is 0. The van der Waals surface area contributed by atoms with Crippen molar-refractivity contribution < 1.29 is 4.79 Å². The highest BCUT2D eigenvalue weighted by Gasteiger charge is 2.16. The van der Waals surface area contributed by atoms with Gasteiger partial charge in [-0.05, 0) is 12.1 Å². The summed E-state index contributed by atoms with van der Waals surface area (Å²) in [7, 11) is 0. The number of para-hydroxylation sites is 1. The van der Waals surface area contributed by atoms with Gasteiger partial charge in [0.05, 0.1) is 10.7 Å². The number of carbonyl (C=O) groups excluding carboxylic acids is 1. The third kappa shape index (κ3) is 4.83. The molecule has 108 valence electrons. The summed E-state index contributed by atoms with van der Waals surface area (Å²) in [5.74, 6) is -0.392. The van der Waals surface area contributed by atoms with E-state index in [4.69, 9.17) is 16.9 Å². The van der Waals surface area contributed by atoms with E-state index in [1.54, 1.807) is 36.4 Å². The van der Waals surface area contributed by atoms with Crippen molar-refractivity contribution in [2.24, 2.45) is 0 Å². The predicted molar refractivity (Wildman–Crippen MR) is 85.7 cm³/mol. The van der Waals surface area contributed by atoms with Crippen LogP contribution in [0.5, 0.6) is 0 Å². The van der Waals surface area contributed by atoms with E-state index < -0.39 is 5.91 Å². The van der Waals surface area contributed by atoms with Crippen LogP contribution in [0.3, 0.4) is 0 Å². The molecule has 0 spiro atoms. The number of amides is 1. The highest BCUT2D eigenvalue weighted by molar-refractivity contribution is 6.33. The smallest absolute Gasteiger partial charge is 0.266 e. The van der Waals surface area contributed by atoms with Gasteiger partial charge in [-0.15, -0.1) is 13.2 Å². The van der Waals surface area contributed by atoms with Gasteiger partial charge in [0.1, 0.15) is 11.6 Å². The second-order valence-electron chi connectivity index (χ2n) is 4.08. The van der Waals surface area contributed by atoms with Gasteiger partial charge in [-0.2, -0.15) is 5.26 Å². The predicted octanol–water partition coefficient (Wildman–Crippen LogP) is 3.36. The second kappa shape index (κ2) is 8.62. The molecule has 0 aliphatic heterocycles. The fourth-order valence-corrected chi connectivity index (χ4v) is 1.78. The van der Waals surface area contributed by atoms with E-state index >= 15 is 0 Å². The van der Waals surface area contributed by atoms with Crippen LogP contribution in [0.4, 0.5) is 5.69 Å². The standard InChI is InChI=1S/C16H16ClN3O/c1-3-9-20(10-4-2)16(21)13(11-18)12-19-15-8-6-5-7-14(15)17/h3-8,12,19H,1-2,9-10H2/b13-12-. The Morgan fingerprint density at radius 1 is 1.33 bits per heavy atom. The second-order valence-corrected chi connectivity index (χ2v) is 4.49. The van der Waals surface area contributed by atoms with Crippen LogP contribution in [0.2, 0.25) is 5.02 Å². The number of anilines is 1. The third-order valence-corrected chi connectivity index (χ3v) is 2.91. The number of hydrogen-bond donors (Lipinski definition) is 1. The van der Waals surface area contributed by atoms with Gasteiger partial charge in [-0.3, -0.25) is 4.79 Å². The summed E-state index contributed by atoms with van der Waals surface area (Å²) in [5, 5.41) is 12.5. The highest BCUT2D eigenvalue weighted by atomic mass is 35.5. The molecule has 1 aromatic rings. The molecule has 0 aliphatic carbocycles. The Hall–Kier alpha value is -2.51. The first-order valence-corrected chi connectivity index (χ1v) is 6.64. The number of benzene rings is 1. The molecular formula is C16H16ClN3O. The van der Waals surface area contributed by atoms with Crippen LogP contribution in [0.15, 0.2) is 61.3 Å². The van der Waals surface area contributed by atoms with Crippen LogP contribution >= 0.6 is 11.6 Å². The van der Waals surface area contributed by atoms with Crippen molar-refractivity contribution in [3.8, 4) is 6.07 Å². The molecule has 0 saturated heterocycles. The van der Waals surface area contributed by atoms with E-state index in [1.165, 1.54) is 11.1 Å². The molecule has 4 nitrogen and oxygen atoms in total. The van der Waals surface area contributed by atoms with E-state index in [2.05, 4.69) is 18.5 Å². The summed E-state index contributed by atoms with van der Waals surface area (Å²) in [6.07, 6.45) is 4.54. The van der Waals surface area contributed by atoms with Gasteiger partial charge < -0.3 is 10.2 Å². The number of nitrogens with zero attached hydrogens (tertiary/aromatic N) is 2. The largest absolute Gasteiger partial charge is 0.359 e. The molecule has 1 aromatic carbocycles. The van der Waals surface area contributed by atoms with E-state index in [-0.39, 0.29) is 5.57 Å². The van der Waals surface area contributed by atoms with Crippen molar-refractivity contribution in [3.63, 3.8) is 0 Å². The number of rotatable bonds is 7. The molecule has 0 aromatic heterocycles. The first-order valence-electron chi connectivity index (χ1n) is 6.26. The lowest BCUT2D eigenvalue weighted by Crippen LogP contribution is -2.32. The molecule has 0 saturated carbocycles. The maximum absolute atomic E-state index is 12.2. The van der Waals surface area contributed by atoms with Crippen LogP contribution in [0.25, 0.3) is 0 Å². The van der Waals surface area contributed by atoms with Crippen molar-refractivity contribution in [3.05, 3.63) is 66.4 Å². The molecule has 0 bridgehead atoms. The Morgan fingerprint density at radius 2 is 1.95 bits per heavy atom. The molecule has 1 amide bonds. The Labute approximate surface area is 129 Å². The molecule has 0 unspecified atom stereocenters. The van der Waals surface area contributed by atoms with E-state index in [0.29, 0.717) is 23.8 Å². The van der Waals surface area contributed by atoms with Gasteiger partial charge >= 0.3 is 0 Å². The molecule has 5 heteroatoms. The van der Waals surface area contributed by atoms with Crippen LogP contribution in [-0.2, 0) is 4.79 Å². The number of nitriles is 1. The lowest BCUT2D eigenvalue weighted by molar-refractivity contribution is -0.125. The molecule has 0 heterocycles. The Balaban J connectivity index is 2.91. The quantitative estimate of drug-likeness (QED) is 0.477. The molecule has 0 fully saturated rings. The normalized spacial score (nSPS) is 10.4. The van der Waals surface area contributed by atoms with Gasteiger partial charge in [0.15, 0.2) is 0 Å². The molecule has 1 rings (SSSR count). The minimum atomic E-state index is -0.392. The topological polar surface area (TPSA) is 56.1 Å². The summed E-state index contributed by atoms with van der Waals surface area (Å²) in [6.45, 7) is 7.87. The number of nitrogens with one attached hydrogen (secondary N) is 1. The first kappa shape index (κ1) is 16.5. The van der Waals surface area contributed by atoms with Crippen molar-refractivity contribution in [2.45, 2.75) is 0 Å². The maximum Gasteiger partial charge on any atom is 0.266 e. The number of hydrogen-bond acceptors (Lipinski definition) is 3. The Morgan fingerprint density at radius 3 is 2.48 bits per heavy atom. The van der Waals surface area contributed by atoms with Crippen molar-refractivity contribution >= 4 is 23.2 Å². The zero-order valence-electron chi connectivity index (χ0n) is 11.6. The minimum Gasteiger partial charge on any atom is -0.359 e. The van der Waals surface area contributed by atoms with Crippen LogP contribution in [0, 0.1) is 11.3 Å². The molecule has 0 radical (unpaired) electrons. The summed E-state index contributed by atoms with van der Waals surface area (Å²) >= 11 is 6.00. The van der Waals surface area contributed by atoms with Gasteiger partial charge in [0.25, 0.3) is 5.91 Å². The molecular weight excluding hydrogens is 286 g/mol. The maximum atomic E-state index is 12.2. The van der Waals surface area contributed by atoms with E-state index in [0.717, 1.165) is 0 Å². The van der Waals surface area contributed by atoms with E-state index in [1.807, 2.05) is 6.07 Å². The van der Waals surface area contributed by atoms with Crippen LogP contribution < -0.4 is 5.32 Å². The van der Waals surface area contributed by atoms with Gasteiger partial charge in [0, 0.05) is 19.3 Å². The SMILES string of the molecule is C=CCN(CC=C)C(=O)/C(C#N)=C\Nc1ccccc1Cl. The fourth-order valence-electron chi connectivity index (χ4n) is 1.59. The lowest BCUT2D eigenvalue weighted by Gasteiger charge is -2.18. The number of halogens is 1. The Kier molecular flexibility index (Phi) is 6.79. The Bertz CT molecular complexity index is 592. The number of carbonyl (C=O) groups is 1. The molecule has 1 N–H and O–H groups in total. The average molecular weight is 302 g/mol. The monoisotopic (exact) mass is 301 g/mol. The summed E-state index contributed by atoms with van der Waals surface area (Å²) in [4.78, 5) is 13.7. The molecule has 21 heavy (non-hydrogen) atoms. The van der Waals surface area contributed by atoms with Crippen LogP contribution in [0.1, 0.15) is 0 Å². The van der Waals surface area contributed by atoms with E-state index in [9.17, 15) is 4.79 Å². The zero-order chi connectivity index (χ0) is 15.7.